The first-order chi connectivity index (χ1) is 18.1. The van der Waals surface area contributed by atoms with Crippen LogP contribution >= 0.6 is 0 Å². The van der Waals surface area contributed by atoms with Crippen LogP contribution in [0.25, 0.3) is 0 Å². The van der Waals surface area contributed by atoms with Crippen LogP contribution in [0.2, 0.25) is 0 Å². The molecule has 38 heavy (non-hydrogen) atoms. The minimum Gasteiger partial charge on any atom is -0.462 e. The van der Waals surface area contributed by atoms with Crippen LogP contribution in [0.4, 0.5) is 0 Å². The molecule has 0 heterocycles. The number of fused-ring (bicyclic) bond motifs is 1. The van der Waals surface area contributed by atoms with Gasteiger partial charge in [0.25, 0.3) is 0 Å². The molecule has 12 unspecified atom stereocenters. The van der Waals surface area contributed by atoms with Crippen LogP contribution in [-0.2, 0) is 9.47 Å². The smallest absolute Gasteiger partial charge is 0.338 e. The molecule has 0 aliphatic heterocycles. The molecule has 208 valence electrons. The minimum absolute atomic E-state index is 0.321. The van der Waals surface area contributed by atoms with Crippen molar-refractivity contribution >= 4 is 11.9 Å². The molecule has 6 rings (SSSR count). The van der Waals surface area contributed by atoms with Crippen LogP contribution in [0.3, 0.4) is 0 Å². The van der Waals surface area contributed by atoms with Gasteiger partial charge in [-0.2, -0.15) is 0 Å². The van der Waals surface area contributed by atoms with E-state index in [1.807, 2.05) is 0 Å². The van der Waals surface area contributed by atoms with Gasteiger partial charge in [0.2, 0.25) is 0 Å². The van der Waals surface area contributed by atoms with Crippen LogP contribution in [0, 0.1) is 59.2 Å². The largest absolute Gasteiger partial charge is 0.462 e. The van der Waals surface area contributed by atoms with E-state index in [1.54, 1.807) is 25.1 Å². The van der Waals surface area contributed by atoms with Crippen molar-refractivity contribution < 1.29 is 24.2 Å². The van der Waals surface area contributed by atoms with Crippen molar-refractivity contribution in [1.82, 2.24) is 0 Å². The average Bonchev–Trinajstić information content (AvgIpc) is 2.85. The van der Waals surface area contributed by atoms with Crippen molar-refractivity contribution in [1.29, 1.82) is 0 Å². The van der Waals surface area contributed by atoms with E-state index in [4.69, 9.17) is 9.47 Å². The molecule has 0 saturated heterocycles. The van der Waals surface area contributed by atoms with Crippen molar-refractivity contribution in [2.45, 2.75) is 91.3 Å². The molecule has 1 N–H and O–H groups in total. The number of carbonyl (C=O) groups excluding carboxylic acids is 2. The van der Waals surface area contributed by atoms with Gasteiger partial charge in [-0.05, 0) is 123 Å². The molecule has 1 aromatic carbocycles. The third-order valence-electron chi connectivity index (χ3n) is 11.7. The number of esters is 2. The van der Waals surface area contributed by atoms with Crippen LogP contribution in [0.5, 0.6) is 0 Å². The van der Waals surface area contributed by atoms with E-state index in [0.29, 0.717) is 58.8 Å². The van der Waals surface area contributed by atoms with Gasteiger partial charge >= 0.3 is 11.9 Å². The van der Waals surface area contributed by atoms with E-state index in [0.717, 1.165) is 42.9 Å². The van der Waals surface area contributed by atoms with Crippen molar-refractivity contribution in [3.8, 4) is 0 Å². The zero-order chi connectivity index (χ0) is 26.9. The van der Waals surface area contributed by atoms with Crippen molar-refractivity contribution in [3.05, 3.63) is 34.9 Å². The van der Waals surface area contributed by atoms with Gasteiger partial charge in [-0.25, -0.2) is 9.59 Å². The van der Waals surface area contributed by atoms with Gasteiger partial charge < -0.3 is 14.6 Å². The molecule has 0 aromatic heterocycles. The molecule has 5 aliphatic carbocycles. The van der Waals surface area contributed by atoms with Crippen LogP contribution in [0.15, 0.2) is 18.2 Å². The quantitative estimate of drug-likeness (QED) is 0.397. The summed E-state index contributed by atoms with van der Waals surface area (Å²) in [6.45, 7) is 11.2. The van der Waals surface area contributed by atoms with Crippen LogP contribution < -0.4 is 0 Å². The molecule has 0 amide bonds. The zero-order valence-electron chi connectivity index (χ0n) is 23.8. The van der Waals surface area contributed by atoms with Crippen molar-refractivity contribution in [3.63, 3.8) is 0 Å². The van der Waals surface area contributed by atoms with E-state index >= 15 is 0 Å². The summed E-state index contributed by atoms with van der Waals surface area (Å²) in [5.74, 6) is 5.67. The van der Waals surface area contributed by atoms with E-state index in [1.165, 1.54) is 25.7 Å². The maximum atomic E-state index is 13.4. The summed E-state index contributed by atoms with van der Waals surface area (Å²) >= 11 is 0. The summed E-state index contributed by atoms with van der Waals surface area (Å²) in [5.41, 5.74) is 0.759. The summed E-state index contributed by atoms with van der Waals surface area (Å²) in [6, 6.07) is 4.93. The summed E-state index contributed by atoms with van der Waals surface area (Å²) < 4.78 is 12.1. The predicted molar refractivity (Wildman–Crippen MR) is 145 cm³/mol. The first-order valence-electron chi connectivity index (χ1n) is 15.3. The third kappa shape index (κ3) is 4.22. The maximum absolute atomic E-state index is 13.4. The van der Waals surface area contributed by atoms with Crippen LogP contribution in [-0.4, -0.2) is 29.3 Å². The highest BCUT2D eigenvalue weighted by Gasteiger charge is 2.70. The Morgan fingerprint density at radius 2 is 1.53 bits per heavy atom. The molecule has 5 saturated carbocycles. The van der Waals surface area contributed by atoms with Gasteiger partial charge in [-0.1, -0.05) is 27.2 Å². The van der Waals surface area contributed by atoms with Crippen LogP contribution in [0.1, 0.15) is 112 Å². The average molecular weight is 523 g/mol. The Hall–Kier alpha value is -1.88. The number of benzene rings is 1. The Morgan fingerprint density at radius 1 is 0.895 bits per heavy atom. The fraction of sp³-hybridized carbons (Fsp3) is 0.758. The molecule has 0 bridgehead atoms. The molecule has 5 fully saturated rings. The lowest BCUT2D eigenvalue weighted by atomic mass is 9.36. The van der Waals surface area contributed by atoms with Crippen molar-refractivity contribution in [2.75, 3.05) is 6.61 Å². The standard InChI is InChI=1S/C33H46O5/c1-6-20-7-17(2)8-22-13-26(29(20)22)16-37-31(35)24-11-21(19(4)34)12-25(14-24)32(36)38-33(5)27-10-18(3)9-23-15-28(33)30(23)27/h11-12,14,17-20,22-23,26-30,34H,6-10,13,15-16H2,1-5H3. The lowest BCUT2D eigenvalue weighted by Crippen LogP contribution is -2.72. The first-order valence-corrected chi connectivity index (χ1v) is 15.3. The second-order valence-electron chi connectivity index (χ2n) is 14.1. The molecule has 5 nitrogen and oxygen atoms in total. The first kappa shape index (κ1) is 26.3. The van der Waals surface area contributed by atoms with E-state index in [9.17, 15) is 14.7 Å². The Labute approximate surface area is 228 Å². The lowest BCUT2D eigenvalue weighted by Gasteiger charge is -2.71. The van der Waals surface area contributed by atoms with E-state index < -0.39 is 23.6 Å². The van der Waals surface area contributed by atoms with Gasteiger partial charge in [0.15, 0.2) is 0 Å². The molecule has 0 radical (unpaired) electrons. The summed E-state index contributed by atoms with van der Waals surface area (Å²) in [4.78, 5) is 26.6. The SMILES string of the molecule is CCC1CC(C)CC2CC(COC(=O)c3cc(C(=O)OC4(C)C5CC(C)CC6CC4C65)cc(C(C)O)c3)C12. The molecule has 5 aliphatic rings. The normalized spacial score (nSPS) is 43.3. The number of aliphatic hydroxyl groups is 1. The Balaban J connectivity index is 1.13. The number of ether oxygens (including phenoxy) is 2. The number of hydrogen-bond acceptors (Lipinski definition) is 5. The van der Waals surface area contributed by atoms with Gasteiger partial charge in [0.1, 0.15) is 5.60 Å². The van der Waals surface area contributed by atoms with Gasteiger partial charge in [-0.3, -0.25) is 0 Å². The van der Waals surface area contributed by atoms with E-state index in [-0.39, 0.29) is 0 Å². The number of rotatable bonds is 7. The zero-order valence-corrected chi connectivity index (χ0v) is 23.8. The fourth-order valence-corrected chi connectivity index (χ4v) is 9.85. The highest BCUT2D eigenvalue weighted by Crippen LogP contribution is 2.70. The summed E-state index contributed by atoms with van der Waals surface area (Å²) in [5, 5.41) is 10.3. The highest BCUT2D eigenvalue weighted by molar-refractivity contribution is 5.96. The van der Waals surface area contributed by atoms with E-state index in [2.05, 4.69) is 27.7 Å². The molecule has 5 heteroatoms. The number of carbonyl (C=O) groups is 2. The molecule has 0 spiro atoms. The number of aliphatic hydroxyl groups excluding tert-OH is 1. The van der Waals surface area contributed by atoms with Gasteiger partial charge in [-0.15, -0.1) is 0 Å². The minimum atomic E-state index is -0.800. The fourth-order valence-electron chi connectivity index (χ4n) is 9.85. The maximum Gasteiger partial charge on any atom is 0.338 e. The molecular formula is C33H46O5. The third-order valence-corrected chi connectivity index (χ3v) is 11.7. The van der Waals surface area contributed by atoms with Crippen molar-refractivity contribution in [2.24, 2.45) is 59.2 Å². The topological polar surface area (TPSA) is 72.8 Å². The Bertz CT molecular complexity index is 1090. The lowest BCUT2D eigenvalue weighted by molar-refractivity contribution is -0.281. The number of hydrogen-bond donors (Lipinski definition) is 1. The molecule has 12 atom stereocenters. The predicted octanol–water partition coefficient (Wildman–Crippen LogP) is 6.83. The van der Waals surface area contributed by atoms with Gasteiger partial charge in [0, 0.05) is 11.8 Å². The highest BCUT2D eigenvalue weighted by atomic mass is 16.6. The Morgan fingerprint density at radius 3 is 2.21 bits per heavy atom. The second kappa shape index (κ2) is 9.64. The monoisotopic (exact) mass is 522 g/mol. The Kier molecular flexibility index (Phi) is 6.69. The summed E-state index contributed by atoms with van der Waals surface area (Å²) in [7, 11) is 0. The molecular weight excluding hydrogens is 476 g/mol. The van der Waals surface area contributed by atoms with Gasteiger partial charge in [0.05, 0.1) is 23.8 Å². The second-order valence-corrected chi connectivity index (χ2v) is 14.1. The summed E-state index contributed by atoms with van der Waals surface area (Å²) in [6.07, 6.45) is 7.70. The molecule has 1 aromatic rings.